The Bertz CT molecular complexity index is 1430. The minimum absolute atomic E-state index is 0.0534. The minimum Gasteiger partial charge on any atom is -0.481 e. The van der Waals surface area contributed by atoms with Crippen LogP contribution in [0.2, 0.25) is 0 Å². The van der Waals surface area contributed by atoms with E-state index < -0.39 is 11.9 Å². The van der Waals surface area contributed by atoms with Crippen LogP contribution in [0.5, 0.6) is 0 Å². The van der Waals surface area contributed by atoms with Gasteiger partial charge in [0.2, 0.25) is 5.95 Å². The number of nitrogens with two attached hydrogens (primary N) is 1. The molecule has 0 aromatic carbocycles. The van der Waals surface area contributed by atoms with Crippen LogP contribution in [0.3, 0.4) is 0 Å². The van der Waals surface area contributed by atoms with Crippen molar-refractivity contribution in [3.8, 4) is 0 Å². The maximum absolute atomic E-state index is 13.4. The number of carboxylic acids is 1. The van der Waals surface area contributed by atoms with Crippen LogP contribution in [-0.4, -0.2) is 64.4 Å². The van der Waals surface area contributed by atoms with Crippen LogP contribution in [0.1, 0.15) is 114 Å². The van der Waals surface area contributed by atoms with Crippen LogP contribution in [0.25, 0.3) is 0 Å². The summed E-state index contributed by atoms with van der Waals surface area (Å²) >= 11 is 0. The molecule has 0 radical (unpaired) electrons. The molecule has 1 aliphatic heterocycles. The SMILES string of the molecule is CN[C@@](C)(CO[C@H]1[C@H](n2cnc(N)n2)C[C@@]23COCC1(C)[C@@H]2CC[C@H]1C3=CC[C@@]2(C)[C@H](C(=O)O)[C@@](C)([C@H](C)C(C)C)CC[C@]12C)C(C)C. The molecule has 0 spiro atoms. The number of aromatic nitrogens is 3. The number of allylic oxidation sites excluding steroid dienone is 1. The molecular weight excluding hydrogens is 602 g/mol. The Balaban J connectivity index is 1.44. The Kier molecular flexibility index (Phi) is 8.81. The van der Waals surface area contributed by atoms with E-state index in [0.29, 0.717) is 49.4 Å². The summed E-state index contributed by atoms with van der Waals surface area (Å²) in [5, 5.41) is 19.3. The largest absolute Gasteiger partial charge is 0.481 e. The van der Waals surface area contributed by atoms with E-state index in [9.17, 15) is 9.90 Å². The number of aliphatic carboxylic acids is 1. The highest BCUT2D eigenvalue weighted by molar-refractivity contribution is 5.73. The van der Waals surface area contributed by atoms with Crippen molar-refractivity contribution < 1.29 is 19.4 Å². The van der Waals surface area contributed by atoms with Crippen molar-refractivity contribution in [1.29, 1.82) is 0 Å². The molecule has 2 heterocycles. The van der Waals surface area contributed by atoms with E-state index >= 15 is 0 Å². The van der Waals surface area contributed by atoms with E-state index in [0.717, 1.165) is 38.5 Å². The molecule has 270 valence electrons. The number of rotatable bonds is 9. The van der Waals surface area contributed by atoms with Gasteiger partial charge in [-0.2, -0.15) is 0 Å². The number of anilines is 1. The minimum atomic E-state index is -0.618. The van der Waals surface area contributed by atoms with E-state index in [-0.39, 0.29) is 50.7 Å². The van der Waals surface area contributed by atoms with Crippen molar-refractivity contribution in [2.75, 3.05) is 32.6 Å². The topological polar surface area (TPSA) is 125 Å². The van der Waals surface area contributed by atoms with E-state index in [1.54, 1.807) is 6.33 Å². The molecule has 1 aromatic rings. The number of ether oxygens (including phenoxy) is 2. The second-order valence-electron chi connectivity index (χ2n) is 18.8. The van der Waals surface area contributed by atoms with Gasteiger partial charge in [0.15, 0.2) is 0 Å². The quantitative estimate of drug-likeness (QED) is 0.240. The van der Waals surface area contributed by atoms with Crippen molar-refractivity contribution in [3.63, 3.8) is 0 Å². The maximum Gasteiger partial charge on any atom is 0.307 e. The molecule has 6 rings (SSSR count). The highest BCUT2D eigenvalue weighted by Crippen LogP contribution is 2.75. The summed E-state index contributed by atoms with van der Waals surface area (Å²) in [6.07, 6.45) is 9.97. The van der Waals surface area contributed by atoms with Gasteiger partial charge in [0.05, 0.1) is 37.9 Å². The normalized spacial score (nSPS) is 44.3. The van der Waals surface area contributed by atoms with Gasteiger partial charge in [-0.3, -0.25) is 4.79 Å². The molecule has 1 saturated heterocycles. The van der Waals surface area contributed by atoms with Crippen LogP contribution in [0.4, 0.5) is 5.95 Å². The lowest BCUT2D eigenvalue weighted by atomic mass is 9.34. The van der Waals surface area contributed by atoms with Crippen molar-refractivity contribution >= 4 is 11.9 Å². The monoisotopic (exact) mass is 668 g/mol. The number of hydrogen-bond acceptors (Lipinski definition) is 7. The van der Waals surface area contributed by atoms with Gasteiger partial charge in [-0.1, -0.05) is 74.0 Å². The highest BCUT2D eigenvalue weighted by Gasteiger charge is 2.72. The average Bonchev–Trinajstić information content (AvgIpc) is 3.45. The highest BCUT2D eigenvalue weighted by atomic mass is 16.5. The number of fused-ring (bicyclic) bond motifs is 3. The van der Waals surface area contributed by atoms with Gasteiger partial charge in [-0.25, -0.2) is 9.67 Å². The lowest BCUT2D eigenvalue weighted by Gasteiger charge is -2.71. The number of likely N-dealkylation sites (N-methyl/N-ethyl adjacent to an activating group) is 1. The van der Waals surface area contributed by atoms with Crippen molar-refractivity contribution in [2.24, 2.45) is 62.6 Å². The molecule has 1 aromatic heterocycles. The molecule has 1 unspecified atom stereocenters. The van der Waals surface area contributed by atoms with Gasteiger partial charge in [0.1, 0.15) is 6.33 Å². The van der Waals surface area contributed by atoms with Gasteiger partial charge in [-0.05, 0) is 98.3 Å². The zero-order valence-electron chi connectivity index (χ0n) is 31.7. The molecular formula is C39H65N5O4. The molecule has 4 aliphatic carbocycles. The Hall–Kier alpha value is -1.97. The molecule has 9 heteroatoms. The maximum atomic E-state index is 13.4. The summed E-state index contributed by atoms with van der Waals surface area (Å²) in [4.78, 5) is 17.8. The third-order valence-electron chi connectivity index (χ3n) is 16.4. The fraction of sp³-hybridized carbons (Fsp3) is 0.872. The number of nitrogen functional groups attached to an aromatic ring is 1. The van der Waals surface area contributed by atoms with Crippen LogP contribution in [0.15, 0.2) is 18.0 Å². The molecule has 9 nitrogen and oxygen atoms in total. The first-order valence-corrected chi connectivity index (χ1v) is 18.8. The second-order valence-corrected chi connectivity index (χ2v) is 18.8. The van der Waals surface area contributed by atoms with E-state index in [1.165, 1.54) is 5.57 Å². The first-order valence-electron chi connectivity index (χ1n) is 18.8. The lowest BCUT2D eigenvalue weighted by molar-refractivity contribution is -0.253. The number of carbonyl (C=O) groups is 1. The van der Waals surface area contributed by atoms with Gasteiger partial charge < -0.3 is 25.6 Å². The standard InChI is InChI=1S/C39H65N5O4/c1-23(2)25(5)34(6)16-17-36(8)26-12-13-29-35(7)19-47-21-39(29,27(26)14-15-37(36,9)30(34)32(45)46)18-28(44-22-42-33(40)43-44)31(35)48-20-38(10,41-11)24(3)4/h14,22-26,28-31,41H,12-13,15-21H2,1-11H3,(H2,40,43)(H,45,46)/t25-,26+,28-,29+,30-,31+,34-,35?,36-,37+,38+,39+/m1/s1. The summed E-state index contributed by atoms with van der Waals surface area (Å²) in [5.74, 6) is 1.09. The Morgan fingerprint density at radius 3 is 2.44 bits per heavy atom. The summed E-state index contributed by atoms with van der Waals surface area (Å²) < 4.78 is 15.8. The third-order valence-corrected chi connectivity index (χ3v) is 16.4. The van der Waals surface area contributed by atoms with Crippen molar-refractivity contribution in [1.82, 2.24) is 20.1 Å². The number of nitrogens with one attached hydrogen (secondary N) is 1. The van der Waals surface area contributed by atoms with Crippen molar-refractivity contribution in [2.45, 2.75) is 125 Å². The summed E-state index contributed by atoms with van der Waals surface area (Å²) in [7, 11) is 2.02. The molecule has 5 aliphatic rings. The van der Waals surface area contributed by atoms with Crippen LogP contribution in [-0.2, 0) is 14.3 Å². The molecule has 0 amide bonds. The van der Waals surface area contributed by atoms with Gasteiger partial charge in [0, 0.05) is 16.4 Å². The zero-order valence-corrected chi connectivity index (χ0v) is 31.7. The Morgan fingerprint density at radius 1 is 1.15 bits per heavy atom. The second kappa shape index (κ2) is 11.8. The molecule has 48 heavy (non-hydrogen) atoms. The number of hydrogen-bond donors (Lipinski definition) is 3. The fourth-order valence-corrected chi connectivity index (χ4v) is 12.4. The van der Waals surface area contributed by atoms with Gasteiger partial charge in [-0.15, -0.1) is 5.10 Å². The summed E-state index contributed by atoms with van der Waals surface area (Å²) in [6, 6.07) is -0.0534. The first kappa shape index (κ1) is 35.8. The van der Waals surface area contributed by atoms with Crippen LogP contribution >= 0.6 is 0 Å². The lowest BCUT2D eigenvalue weighted by Crippen LogP contribution is -2.69. The predicted molar refractivity (Wildman–Crippen MR) is 189 cm³/mol. The average molecular weight is 668 g/mol. The molecule has 2 bridgehead atoms. The van der Waals surface area contributed by atoms with Gasteiger partial charge >= 0.3 is 5.97 Å². The van der Waals surface area contributed by atoms with E-state index in [4.69, 9.17) is 20.3 Å². The van der Waals surface area contributed by atoms with Crippen LogP contribution in [0, 0.1) is 62.6 Å². The molecule has 12 atom stereocenters. The predicted octanol–water partition coefficient (Wildman–Crippen LogP) is 7.01. The number of carboxylic acid groups (broad SMARTS) is 1. The molecule has 4 fully saturated rings. The molecule has 3 saturated carbocycles. The Labute approximate surface area is 289 Å². The van der Waals surface area contributed by atoms with Gasteiger partial charge in [0.25, 0.3) is 0 Å². The number of nitrogens with zero attached hydrogens (tertiary/aromatic N) is 3. The Morgan fingerprint density at radius 2 is 1.85 bits per heavy atom. The zero-order chi connectivity index (χ0) is 35.2. The van der Waals surface area contributed by atoms with Crippen molar-refractivity contribution in [3.05, 3.63) is 18.0 Å². The van der Waals surface area contributed by atoms with E-state index in [2.05, 4.69) is 85.6 Å². The van der Waals surface area contributed by atoms with Crippen LogP contribution < -0.4 is 11.1 Å². The summed E-state index contributed by atoms with van der Waals surface area (Å²) in [6.45, 7) is 24.9. The summed E-state index contributed by atoms with van der Waals surface area (Å²) in [5.41, 5.74) is 6.33. The first-order chi connectivity index (χ1) is 22.3. The smallest absolute Gasteiger partial charge is 0.307 e. The van der Waals surface area contributed by atoms with E-state index in [1.807, 2.05) is 11.7 Å². The fourth-order valence-electron chi connectivity index (χ4n) is 12.4. The third kappa shape index (κ3) is 4.82. The molecule has 4 N–H and O–H groups in total.